The van der Waals surface area contributed by atoms with Crippen LogP contribution in [-0.2, 0) is 4.79 Å². The molecule has 94 valence electrons. The number of hydrogen-bond acceptors (Lipinski definition) is 3. The van der Waals surface area contributed by atoms with E-state index >= 15 is 0 Å². The second-order valence-electron chi connectivity index (χ2n) is 5.08. The third-order valence-corrected chi connectivity index (χ3v) is 3.33. The second-order valence-corrected chi connectivity index (χ2v) is 5.08. The highest BCUT2D eigenvalue weighted by Gasteiger charge is 2.21. The molecule has 4 heteroatoms. The van der Waals surface area contributed by atoms with E-state index in [9.17, 15) is 4.79 Å². The molecular weight excluding hydrogens is 202 g/mol. The Balaban J connectivity index is 2.27. The van der Waals surface area contributed by atoms with Crippen LogP contribution in [0.4, 0.5) is 0 Å². The van der Waals surface area contributed by atoms with Crippen LogP contribution >= 0.6 is 0 Å². The van der Waals surface area contributed by atoms with E-state index in [0.29, 0.717) is 0 Å². The average Bonchev–Trinajstić information content (AvgIpc) is 2.76. The van der Waals surface area contributed by atoms with Crippen molar-refractivity contribution < 1.29 is 4.79 Å². The predicted octanol–water partition coefficient (Wildman–Crippen LogP) is 0.524. The van der Waals surface area contributed by atoms with Gasteiger partial charge in [0.2, 0.25) is 5.91 Å². The predicted molar refractivity (Wildman–Crippen MR) is 66.1 cm³/mol. The number of likely N-dealkylation sites (tertiary alicyclic amines) is 1. The Morgan fingerprint density at radius 1 is 1.38 bits per heavy atom. The summed E-state index contributed by atoms with van der Waals surface area (Å²) in [6, 6.07) is -0.358. The third-order valence-electron chi connectivity index (χ3n) is 3.33. The Bertz CT molecular complexity index is 224. The third kappa shape index (κ3) is 3.76. The molecular formula is C12H25N3O. The minimum absolute atomic E-state index is 0.0641. The number of carbonyl (C=O) groups is 1. The average molecular weight is 227 g/mol. The molecule has 0 bridgehead atoms. The van der Waals surface area contributed by atoms with Gasteiger partial charge < -0.3 is 15.5 Å². The summed E-state index contributed by atoms with van der Waals surface area (Å²) < 4.78 is 0. The molecule has 16 heavy (non-hydrogen) atoms. The van der Waals surface area contributed by atoms with Gasteiger partial charge in [-0.25, -0.2) is 0 Å². The minimum atomic E-state index is -0.358. The quantitative estimate of drug-likeness (QED) is 0.745. The molecule has 0 aromatic rings. The van der Waals surface area contributed by atoms with Gasteiger partial charge in [-0.15, -0.1) is 0 Å². The number of nitrogens with two attached hydrogens (primary N) is 1. The maximum absolute atomic E-state index is 11.9. The molecule has 1 amide bonds. The van der Waals surface area contributed by atoms with Crippen molar-refractivity contribution in [2.45, 2.75) is 32.7 Å². The summed E-state index contributed by atoms with van der Waals surface area (Å²) in [5, 5.41) is 0. The summed E-state index contributed by atoms with van der Waals surface area (Å²) in [7, 11) is 1.85. The SMILES string of the molecule is CC(C)[C@@H](N)C(=O)N(C)CCN1CCCC1. The van der Waals surface area contributed by atoms with Gasteiger partial charge in [-0.05, 0) is 31.8 Å². The molecule has 0 radical (unpaired) electrons. The molecule has 1 rings (SSSR count). The normalized spacial score (nSPS) is 19.1. The standard InChI is InChI=1S/C12H25N3O/c1-10(2)11(13)12(16)14(3)8-9-15-6-4-5-7-15/h10-11H,4-9,13H2,1-3H3/t11-/m1/s1. The topological polar surface area (TPSA) is 49.6 Å². The summed E-state index contributed by atoms with van der Waals surface area (Å²) in [5.74, 6) is 0.274. The molecule has 4 nitrogen and oxygen atoms in total. The zero-order chi connectivity index (χ0) is 12.1. The lowest BCUT2D eigenvalue weighted by Crippen LogP contribution is -2.46. The Kier molecular flexibility index (Phi) is 5.22. The molecule has 1 aliphatic rings. The molecule has 1 fully saturated rings. The number of hydrogen-bond donors (Lipinski definition) is 1. The molecule has 1 saturated heterocycles. The van der Waals surface area contributed by atoms with Gasteiger partial charge in [0.05, 0.1) is 6.04 Å². The number of amides is 1. The van der Waals surface area contributed by atoms with Crippen molar-refractivity contribution in [1.82, 2.24) is 9.80 Å². The van der Waals surface area contributed by atoms with Crippen LogP contribution in [0.3, 0.4) is 0 Å². The van der Waals surface area contributed by atoms with Crippen LogP contribution in [0, 0.1) is 5.92 Å². The van der Waals surface area contributed by atoms with Crippen LogP contribution in [0.15, 0.2) is 0 Å². The number of nitrogens with zero attached hydrogens (tertiary/aromatic N) is 2. The summed E-state index contributed by atoms with van der Waals surface area (Å²) in [4.78, 5) is 16.0. The molecule has 0 spiro atoms. The van der Waals surface area contributed by atoms with E-state index in [4.69, 9.17) is 5.73 Å². The van der Waals surface area contributed by atoms with Gasteiger partial charge in [0, 0.05) is 20.1 Å². The molecule has 1 aliphatic heterocycles. The van der Waals surface area contributed by atoms with Gasteiger partial charge >= 0.3 is 0 Å². The monoisotopic (exact) mass is 227 g/mol. The van der Waals surface area contributed by atoms with Crippen LogP contribution in [0.5, 0.6) is 0 Å². The zero-order valence-electron chi connectivity index (χ0n) is 10.8. The second kappa shape index (κ2) is 6.21. The van der Waals surface area contributed by atoms with Crippen molar-refractivity contribution in [3.63, 3.8) is 0 Å². The summed E-state index contributed by atoms with van der Waals surface area (Å²) in [6.45, 7) is 8.09. The molecule has 0 aliphatic carbocycles. The van der Waals surface area contributed by atoms with Crippen LogP contribution in [0.1, 0.15) is 26.7 Å². The minimum Gasteiger partial charge on any atom is -0.343 e. The molecule has 0 unspecified atom stereocenters. The van der Waals surface area contributed by atoms with Crippen molar-refractivity contribution in [2.24, 2.45) is 11.7 Å². The summed E-state index contributed by atoms with van der Waals surface area (Å²) >= 11 is 0. The number of rotatable bonds is 5. The first-order chi connectivity index (χ1) is 7.52. The van der Waals surface area contributed by atoms with E-state index in [2.05, 4.69) is 4.90 Å². The Hall–Kier alpha value is -0.610. The number of carbonyl (C=O) groups excluding carboxylic acids is 1. The molecule has 2 N–H and O–H groups in total. The van der Waals surface area contributed by atoms with E-state index in [-0.39, 0.29) is 17.9 Å². The highest BCUT2D eigenvalue weighted by Crippen LogP contribution is 2.07. The van der Waals surface area contributed by atoms with Crippen molar-refractivity contribution in [2.75, 3.05) is 33.2 Å². The van der Waals surface area contributed by atoms with E-state index < -0.39 is 0 Å². The highest BCUT2D eigenvalue weighted by molar-refractivity contribution is 5.81. The lowest BCUT2D eigenvalue weighted by molar-refractivity contribution is -0.132. The zero-order valence-corrected chi connectivity index (χ0v) is 10.8. The molecule has 1 atom stereocenters. The molecule has 1 heterocycles. The number of likely N-dealkylation sites (N-methyl/N-ethyl adjacent to an activating group) is 1. The largest absolute Gasteiger partial charge is 0.343 e. The molecule has 0 aromatic carbocycles. The van der Waals surface area contributed by atoms with Crippen molar-refractivity contribution in [3.8, 4) is 0 Å². The molecule has 0 saturated carbocycles. The maximum atomic E-state index is 11.9. The lowest BCUT2D eigenvalue weighted by atomic mass is 10.0. The summed E-state index contributed by atoms with van der Waals surface area (Å²) in [6.07, 6.45) is 2.59. The fourth-order valence-corrected chi connectivity index (χ4v) is 1.95. The van der Waals surface area contributed by atoms with Gasteiger partial charge in [0.15, 0.2) is 0 Å². The van der Waals surface area contributed by atoms with E-state index in [1.165, 1.54) is 25.9 Å². The fourth-order valence-electron chi connectivity index (χ4n) is 1.95. The van der Waals surface area contributed by atoms with Crippen molar-refractivity contribution >= 4 is 5.91 Å². The lowest BCUT2D eigenvalue weighted by Gasteiger charge is -2.25. The van der Waals surface area contributed by atoms with Crippen LogP contribution in [0.2, 0.25) is 0 Å². The van der Waals surface area contributed by atoms with Crippen molar-refractivity contribution in [1.29, 1.82) is 0 Å². The molecule has 0 aromatic heterocycles. The van der Waals surface area contributed by atoms with Crippen molar-refractivity contribution in [3.05, 3.63) is 0 Å². The van der Waals surface area contributed by atoms with Gasteiger partial charge in [0.1, 0.15) is 0 Å². The Morgan fingerprint density at radius 2 is 1.94 bits per heavy atom. The first kappa shape index (κ1) is 13.5. The first-order valence-electron chi connectivity index (χ1n) is 6.25. The van der Waals surface area contributed by atoms with E-state index in [1.54, 1.807) is 4.90 Å². The van der Waals surface area contributed by atoms with Gasteiger partial charge in [-0.1, -0.05) is 13.8 Å². The van der Waals surface area contributed by atoms with Crippen LogP contribution in [0.25, 0.3) is 0 Å². The maximum Gasteiger partial charge on any atom is 0.239 e. The van der Waals surface area contributed by atoms with Gasteiger partial charge in [-0.2, -0.15) is 0 Å². The van der Waals surface area contributed by atoms with E-state index in [0.717, 1.165) is 13.1 Å². The summed E-state index contributed by atoms with van der Waals surface area (Å²) in [5.41, 5.74) is 5.84. The Labute approximate surface area is 98.8 Å². The van der Waals surface area contributed by atoms with Gasteiger partial charge in [0.25, 0.3) is 0 Å². The smallest absolute Gasteiger partial charge is 0.239 e. The Morgan fingerprint density at radius 3 is 2.44 bits per heavy atom. The van der Waals surface area contributed by atoms with Crippen LogP contribution < -0.4 is 5.73 Å². The van der Waals surface area contributed by atoms with Gasteiger partial charge in [-0.3, -0.25) is 4.79 Å². The highest BCUT2D eigenvalue weighted by atomic mass is 16.2. The van der Waals surface area contributed by atoms with E-state index in [1.807, 2.05) is 20.9 Å². The van der Waals surface area contributed by atoms with Crippen LogP contribution in [-0.4, -0.2) is 55.0 Å². The first-order valence-corrected chi connectivity index (χ1v) is 6.25. The fraction of sp³-hybridized carbons (Fsp3) is 0.917.